The van der Waals surface area contributed by atoms with E-state index >= 15 is 0 Å². The lowest BCUT2D eigenvalue weighted by Gasteiger charge is -2.26. The molecule has 0 heterocycles. The van der Waals surface area contributed by atoms with Gasteiger partial charge in [-0.05, 0) is 65.4 Å². The highest BCUT2D eigenvalue weighted by Gasteiger charge is 2.10. The summed E-state index contributed by atoms with van der Waals surface area (Å²) in [4.78, 5) is 13.0. The lowest BCUT2D eigenvalue weighted by molar-refractivity contribution is -0.118. The van der Waals surface area contributed by atoms with Crippen molar-refractivity contribution in [3.63, 3.8) is 0 Å². The van der Waals surface area contributed by atoms with Gasteiger partial charge in [-0.1, -0.05) is 43.5 Å². The summed E-state index contributed by atoms with van der Waals surface area (Å²) >= 11 is 3.55. The standard InChI is InChI=1S/C23H32BrN3O/c1-7-22(24)19(4)27(6)23(26-15-11-10-14-25-20(5)28)16-18(3)21-13-9-8-12-17(21)2/h7-9,12-13,16,26H,1,3,10-11,14-15H2,2,4-6H3,(H,25,28)/b22-19+,23-16-. The van der Waals surface area contributed by atoms with Crippen LogP contribution in [-0.2, 0) is 4.79 Å². The Balaban J connectivity index is 2.94. The molecule has 1 aromatic rings. The fourth-order valence-corrected chi connectivity index (χ4v) is 2.93. The van der Waals surface area contributed by atoms with Crippen LogP contribution in [0.2, 0.25) is 0 Å². The number of benzene rings is 1. The topological polar surface area (TPSA) is 44.4 Å². The third-order valence-corrected chi connectivity index (χ3v) is 5.37. The van der Waals surface area contributed by atoms with Gasteiger partial charge >= 0.3 is 0 Å². The van der Waals surface area contributed by atoms with Crippen molar-refractivity contribution in [3.05, 3.63) is 76.7 Å². The maximum absolute atomic E-state index is 11.0. The number of aryl methyl sites for hydroxylation is 1. The summed E-state index contributed by atoms with van der Waals surface area (Å²) in [5, 5.41) is 6.34. The van der Waals surface area contributed by atoms with E-state index < -0.39 is 0 Å². The van der Waals surface area contributed by atoms with Crippen LogP contribution in [0.5, 0.6) is 0 Å². The summed E-state index contributed by atoms with van der Waals surface area (Å²) in [6, 6.07) is 8.23. The molecule has 0 spiro atoms. The first-order chi connectivity index (χ1) is 13.3. The number of nitrogens with zero attached hydrogens (tertiary/aromatic N) is 1. The van der Waals surface area contributed by atoms with Crippen LogP contribution in [0.25, 0.3) is 5.57 Å². The first-order valence-electron chi connectivity index (χ1n) is 9.45. The molecule has 0 aromatic heterocycles. The van der Waals surface area contributed by atoms with Crippen LogP contribution in [0.1, 0.15) is 37.8 Å². The number of nitrogens with one attached hydrogen (secondary N) is 2. The van der Waals surface area contributed by atoms with E-state index in [2.05, 4.69) is 69.8 Å². The van der Waals surface area contributed by atoms with Gasteiger partial charge in [0.2, 0.25) is 5.91 Å². The van der Waals surface area contributed by atoms with E-state index in [9.17, 15) is 4.79 Å². The maximum atomic E-state index is 11.0. The second-order valence-electron chi connectivity index (χ2n) is 6.68. The molecule has 0 bridgehead atoms. The van der Waals surface area contributed by atoms with Crippen LogP contribution in [0, 0.1) is 6.92 Å². The summed E-state index contributed by atoms with van der Waals surface area (Å²) in [5.74, 6) is 0.974. The molecule has 0 fully saturated rings. The minimum Gasteiger partial charge on any atom is -0.371 e. The molecule has 0 aliphatic heterocycles. The summed E-state index contributed by atoms with van der Waals surface area (Å²) < 4.78 is 0.940. The average molecular weight is 446 g/mol. The number of hydrogen-bond donors (Lipinski definition) is 2. The SMILES string of the molecule is C=C/C(Br)=C(/C)N(C)/C(=C\C(=C)c1ccccc1C)NCCCCNC(C)=O. The summed E-state index contributed by atoms with van der Waals surface area (Å²) in [5.41, 5.74) is 4.32. The van der Waals surface area contributed by atoms with Crippen molar-refractivity contribution in [3.8, 4) is 0 Å². The second kappa shape index (κ2) is 12.2. The molecular formula is C23H32BrN3O. The predicted molar refractivity (Wildman–Crippen MR) is 124 cm³/mol. The van der Waals surface area contributed by atoms with Gasteiger partial charge in [0.15, 0.2) is 0 Å². The van der Waals surface area contributed by atoms with Gasteiger partial charge in [0.25, 0.3) is 0 Å². The molecule has 4 nitrogen and oxygen atoms in total. The number of amides is 1. The largest absolute Gasteiger partial charge is 0.371 e. The molecule has 2 N–H and O–H groups in total. The van der Waals surface area contributed by atoms with E-state index in [-0.39, 0.29) is 5.91 Å². The van der Waals surface area contributed by atoms with E-state index in [1.807, 2.05) is 26.1 Å². The Hall–Kier alpha value is -2.27. The molecule has 28 heavy (non-hydrogen) atoms. The molecule has 152 valence electrons. The van der Waals surface area contributed by atoms with Gasteiger partial charge < -0.3 is 15.5 Å². The fourth-order valence-electron chi connectivity index (χ4n) is 2.66. The Labute approximate surface area is 178 Å². The van der Waals surface area contributed by atoms with Crippen LogP contribution < -0.4 is 10.6 Å². The van der Waals surface area contributed by atoms with Gasteiger partial charge in [-0.2, -0.15) is 0 Å². The van der Waals surface area contributed by atoms with Gasteiger partial charge in [-0.15, -0.1) is 0 Å². The van der Waals surface area contributed by atoms with E-state index in [4.69, 9.17) is 0 Å². The molecule has 0 aliphatic rings. The van der Waals surface area contributed by atoms with Crippen LogP contribution >= 0.6 is 15.9 Å². The van der Waals surface area contributed by atoms with Crippen molar-refractivity contribution in [1.29, 1.82) is 0 Å². The number of allylic oxidation sites excluding steroid dienone is 5. The second-order valence-corrected chi connectivity index (χ2v) is 7.54. The van der Waals surface area contributed by atoms with E-state index in [1.54, 1.807) is 6.08 Å². The van der Waals surface area contributed by atoms with Crippen LogP contribution in [-0.4, -0.2) is 30.9 Å². The highest BCUT2D eigenvalue weighted by Crippen LogP contribution is 2.23. The zero-order valence-corrected chi connectivity index (χ0v) is 19.0. The minimum absolute atomic E-state index is 0.0119. The lowest BCUT2D eigenvalue weighted by atomic mass is 10.0. The molecule has 1 amide bonds. The van der Waals surface area contributed by atoms with Gasteiger partial charge in [0.05, 0.1) is 0 Å². The van der Waals surface area contributed by atoms with Crippen molar-refractivity contribution < 1.29 is 4.79 Å². The quantitative estimate of drug-likeness (QED) is 0.367. The summed E-state index contributed by atoms with van der Waals surface area (Å²) in [6.07, 6.45) is 5.73. The van der Waals surface area contributed by atoms with E-state index in [1.165, 1.54) is 12.5 Å². The maximum Gasteiger partial charge on any atom is 0.216 e. The molecule has 1 aromatic carbocycles. The van der Waals surface area contributed by atoms with Gasteiger partial charge in [0.1, 0.15) is 5.82 Å². The Morgan fingerprint density at radius 3 is 2.36 bits per heavy atom. The third-order valence-electron chi connectivity index (χ3n) is 4.47. The highest BCUT2D eigenvalue weighted by molar-refractivity contribution is 9.11. The van der Waals surface area contributed by atoms with E-state index in [0.717, 1.165) is 46.5 Å². The summed E-state index contributed by atoms with van der Waals surface area (Å²) in [7, 11) is 2.02. The van der Waals surface area contributed by atoms with Crippen molar-refractivity contribution in [2.45, 2.75) is 33.6 Å². The number of carbonyl (C=O) groups excluding carboxylic acids is 1. The molecule has 0 saturated heterocycles. The number of unbranched alkanes of at least 4 members (excludes halogenated alkanes) is 1. The average Bonchev–Trinajstić information content (AvgIpc) is 2.67. The predicted octanol–water partition coefficient (Wildman–Crippen LogP) is 5.10. The van der Waals surface area contributed by atoms with Crippen LogP contribution in [0.4, 0.5) is 0 Å². The first-order valence-corrected chi connectivity index (χ1v) is 10.2. The zero-order valence-electron chi connectivity index (χ0n) is 17.4. The lowest BCUT2D eigenvalue weighted by Crippen LogP contribution is -2.29. The Kier molecular flexibility index (Phi) is 10.4. The van der Waals surface area contributed by atoms with Gasteiger partial charge in [-0.25, -0.2) is 0 Å². The molecular weight excluding hydrogens is 414 g/mol. The molecule has 0 unspecified atom stereocenters. The molecule has 1 rings (SSSR count). The molecule has 0 atom stereocenters. The number of rotatable bonds is 11. The first kappa shape index (κ1) is 23.8. The fraction of sp³-hybridized carbons (Fsp3) is 0.348. The zero-order chi connectivity index (χ0) is 21.1. The van der Waals surface area contributed by atoms with Crippen LogP contribution in [0.15, 0.2) is 65.6 Å². The Bertz CT molecular complexity index is 765. The number of halogens is 1. The van der Waals surface area contributed by atoms with Crippen molar-refractivity contribution in [2.24, 2.45) is 0 Å². The normalized spacial score (nSPS) is 12.1. The van der Waals surface area contributed by atoms with Crippen LogP contribution in [0.3, 0.4) is 0 Å². The summed E-state index contributed by atoms with van der Waals surface area (Å²) in [6.45, 7) is 15.3. The van der Waals surface area contributed by atoms with Gasteiger partial charge in [-0.3, -0.25) is 4.79 Å². The number of carbonyl (C=O) groups is 1. The van der Waals surface area contributed by atoms with Crippen molar-refractivity contribution in [2.75, 3.05) is 20.1 Å². The van der Waals surface area contributed by atoms with Crippen molar-refractivity contribution in [1.82, 2.24) is 15.5 Å². The molecule has 0 radical (unpaired) electrons. The highest BCUT2D eigenvalue weighted by atomic mass is 79.9. The monoisotopic (exact) mass is 445 g/mol. The van der Waals surface area contributed by atoms with Gasteiger partial charge in [0, 0.05) is 37.2 Å². The minimum atomic E-state index is 0.0119. The third kappa shape index (κ3) is 7.77. The molecule has 0 saturated carbocycles. The molecule has 5 heteroatoms. The smallest absolute Gasteiger partial charge is 0.216 e. The molecule has 0 aliphatic carbocycles. The number of hydrogen-bond acceptors (Lipinski definition) is 3. The van der Waals surface area contributed by atoms with Crippen molar-refractivity contribution >= 4 is 27.4 Å². The van der Waals surface area contributed by atoms with E-state index in [0.29, 0.717) is 6.54 Å². The Morgan fingerprint density at radius 2 is 1.79 bits per heavy atom. The Morgan fingerprint density at radius 1 is 1.18 bits per heavy atom.